The lowest BCUT2D eigenvalue weighted by Crippen LogP contribution is -2.20. The van der Waals surface area contributed by atoms with Gasteiger partial charge in [0.2, 0.25) is 0 Å². The van der Waals surface area contributed by atoms with Gasteiger partial charge in [0.1, 0.15) is 0 Å². The Morgan fingerprint density at radius 3 is 2.41 bits per heavy atom. The number of nitrogens with zero attached hydrogens (tertiary/aromatic N) is 4. The Morgan fingerprint density at radius 1 is 0.946 bits per heavy atom. The number of benzene rings is 3. The van der Waals surface area contributed by atoms with E-state index in [1.54, 1.807) is 36.4 Å². The van der Waals surface area contributed by atoms with E-state index < -0.39 is 17.3 Å². The number of hydrogen-bond acceptors (Lipinski definition) is 3. The van der Waals surface area contributed by atoms with Crippen molar-refractivity contribution in [2.45, 2.75) is 20.0 Å². The van der Waals surface area contributed by atoms with Crippen LogP contribution in [-0.4, -0.2) is 20.4 Å². The summed E-state index contributed by atoms with van der Waals surface area (Å²) in [6.07, 6.45) is -3.02. The molecule has 5 rings (SSSR count). The first-order valence-corrected chi connectivity index (χ1v) is 11.7. The molecule has 0 saturated carbocycles. The molecule has 5 aromatic rings. The highest BCUT2D eigenvalue weighted by Crippen LogP contribution is 2.32. The van der Waals surface area contributed by atoms with E-state index in [2.05, 4.69) is 10.1 Å². The van der Waals surface area contributed by atoms with Gasteiger partial charge in [0.25, 0.3) is 5.56 Å². The zero-order valence-corrected chi connectivity index (χ0v) is 20.5. The molecule has 0 aliphatic carbocycles. The number of hydrogen-bond donors (Lipinski definition) is 0. The van der Waals surface area contributed by atoms with Gasteiger partial charge >= 0.3 is 6.18 Å². The fourth-order valence-electron chi connectivity index (χ4n) is 4.28. The second-order valence-corrected chi connectivity index (χ2v) is 8.97. The van der Waals surface area contributed by atoms with E-state index in [0.717, 1.165) is 39.4 Å². The Balaban J connectivity index is 1.67. The molecule has 0 N–H and O–H groups in total. The lowest BCUT2D eigenvalue weighted by molar-refractivity contribution is -0.137. The summed E-state index contributed by atoms with van der Waals surface area (Å²) >= 11 is 6.03. The molecule has 0 unspecified atom stereocenters. The monoisotopic (exact) mass is 520 g/mol. The van der Waals surface area contributed by atoms with Crippen LogP contribution in [0.15, 0.2) is 88.8 Å². The molecule has 0 radical (unpaired) electrons. The summed E-state index contributed by atoms with van der Waals surface area (Å²) in [5, 5.41) is 5.35. The van der Waals surface area contributed by atoms with Gasteiger partial charge < -0.3 is 4.57 Å². The molecule has 37 heavy (non-hydrogen) atoms. The van der Waals surface area contributed by atoms with Crippen molar-refractivity contribution in [3.8, 4) is 17.1 Å². The van der Waals surface area contributed by atoms with E-state index in [9.17, 15) is 18.0 Å². The molecule has 0 atom stereocenters. The van der Waals surface area contributed by atoms with Crippen molar-refractivity contribution in [1.82, 2.24) is 14.2 Å². The van der Waals surface area contributed by atoms with Crippen LogP contribution in [0.2, 0.25) is 5.02 Å². The fourth-order valence-corrected chi connectivity index (χ4v) is 4.40. The van der Waals surface area contributed by atoms with Crippen LogP contribution in [0.3, 0.4) is 0 Å². The summed E-state index contributed by atoms with van der Waals surface area (Å²) in [4.78, 5) is 17.9. The molecule has 0 saturated heterocycles. The van der Waals surface area contributed by atoms with Crippen LogP contribution in [-0.2, 0) is 6.18 Å². The third kappa shape index (κ3) is 4.68. The van der Waals surface area contributed by atoms with Gasteiger partial charge in [-0.15, -0.1) is 0 Å². The number of halogens is 4. The van der Waals surface area contributed by atoms with Gasteiger partial charge in [-0.2, -0.15) is 22.9 Å². The number of alkyl halides is 3. The summed E-state index contributed by atoms with van der Waals surface area (Å²) in [6.45, 7) is 3.86. The molecular weight excluding hydrogens is 501 g/mol. The minimum absolute atomic E-state index is 0.0116. The molecule has 0 aliphatic rings. The van der Waals surface area contributed by atoms with E-state index in [1.807, 2.05) is 36.6 Å². The highest BCUT2D eigenvalue weighted by atomic mass is 35.5. The average molecular weight is 521 g/mol. The lowest BCUT2D eigenvalue weighted by atomic mass is 10.1. The van der Waals surface area contributed by atoms with E-state index in [0.29, 0.717) is 15.9 Å². The van der Waals surface area contributed by atoms with Crippen molar-refractivity contribution in [1.29, 1.82) is 0 Å². The first-order chi connectivity index (χ1) is 17.6. The van der Waals surface area contributed by atoms with Gasteiger partial charge in [0.15, 0.2) is 5.82 Å². The van der Waals surface area contributed by atoms with Crippen molar-refractivity contribution < 1.29 is 13.2 Å². The van der Waals surface area contributed by atoms with Gasteiger partial charge in [-0.05, 0) is 68.4 Å². The van der Waals surface area contributed by atoms with Crippen molar-refractivity contribution >= 4 is 28.7 Å². The molecule has 0 amide bonds. The standard InChI is InChI=1S/C28H20ClF3N4O/c1-17-14-20(18(2)35(17)23-12-10-22(29)11-13-23)16-33-36-26(19-6-5-7-21(15-19)28(30,31)32)34-25-9-4-3-8-24(25)27(36)37/h3-16H,1-2H3. The molecule has 9 heteroatoms. The number of aryl methyl sites for hydroxylation is 1. The lowest BCUT2D eigenvalue weighted by Gasteiger charge is -2.12. The molecule has 3 aromatic carbocycles. The second-order valence-electron chi connectivity index (χ2n) is 8.53. The second kappa shape index (κ2) is 9.37. The largest absolute Gasteiger partial charge is 0.416 e. The molecule has 0 fully saturated rings. The summed E-state index contributed by atoms with van der Waals surface area (Å²) in [7, 11) is 0. The molecule has 0 aliphatic heterocycles. The van der Waals surface area contributed by atoms with E-state index >= 15 is 0 Å². The van der Waals surface area contributed by atoms with Crippen LogP contribution in [0.1, 0.15) is 22.5 Å². The number of rotatable bonds is 4. The van der Waals surface area contributed by atoms with E-state index in [-0.39, 0.29) is 11.4 Å². The van der Waals surface area contributed by atoms with Gasteiger partial charge in [-0.3, -0.25) is 4.79 Å². The maximum Gasteiger partial charge on any atom is 0.416 e. The Bertz CT molecular complexity index is 1720. The van der Waals surface area contributed by atoms with Gasteiger partial charge in [-0.25, -0.2) is 4.98 Å². The molecule has 0 spiro atoms. The molecular formula is C28H20ClF3N4O. The first-order valence-electron chi connectivity index (χ1n) is 11.3. The van der Waals surface area contributed by atoms with Crippen LogP contribution in [0.25, 0.3) is 28.0 Å². The van der Waals surface area contributed by atoms with Crippen molar-refractivity contribution in [2.24, 2.45) is 5.10 Å². The van der Waals surface area contributed by atoms with E-state index in [1.165, 1.54) is 18.3 Å². The van der Waals surface area contributed by atoms with Gasteiger partial charge in [0, 0.05) is 33.2 Å². The zero-order chi connectivity index (χ0) is 26.3. The Labute approximate surface area is 215 Å². The van der Waals surface area contributed by atoms with Crippen molar-refractivity contribution in [3.63, 3.8) is 0 Å². The van der Waals surface area contributed by atoms with Gasteiger partial charge in [-0.1, -0.05) is 35.9 Å². The average Bonchev–Trinajstić information content (AvgIpc) is 3.16. The third-order valence-electron chi connectivity index (χ3n) is 6.07. The summed E-state index contributed by atoms with van der Waals surface area (Å²) in [6, 6.07) is 20.7. The zero-order valence-electron chi connectivity index (χ0n) is 19.8. The minimum atomic E-state index is -4.54. The quantitative estimate of drug-likeness (QED) is 0.239. The molecule has 2 heterocycles. The normalized spacial score (nSPS) is 12.1. The third-order valence-corrected chi connectivity index (χ3v) is 6.32. The minimum Gasteiger partial charge on any atom is -0.318 e. The number of fused-ring (bicyclic) bond motifs is 1. The smallest absolute Gasteiger partial charge is 0.318 e. The Morgan fingerprint density at radius 2 is 1.68 bits per heavy atom. The maximum absolute atomic E-state index is 13.4. The van der Waals surface area contributed by atoms with Crippen molar-refractivity contribution in [3.05, 3.63) is 117 Å². The molecule has 5 nitrogen and oxygen atoms in total. The maximum atomic E-state index is 13.4. The number of para-hydroxylation sites is 1. The SMILES string of the molecule is Cc1cc(C=Nn2c(-c3cccc(C(F)(F)F)c3)nc3ccccc3c2=O)c(C)n1-c1ccc(Cl)cc1. The molecule has 2 aromatic heterocycles. The summed E-state index contributed by atoms with van der Waals surface area (Å²) < 4.78 is 43.3. The Kier molecular flexibility index (Phi) is 6.21. The van der Waals surface area contributed by atoms with E-state index in [4.69, 9.17) is 11.6 Å². The molecule has 0 bridgehead atoms. The number of aromatic nitrogens is 3. The highest BCUT2D eigenvalue weighted by molar-refractivity contribution is 6.30. The van der Waals surface area contributed by atoms with Crippen LogP contribution in [0.5, 0.6) is 0 Å². The van der Waals surface area contributed by atoms with Crippen LogP contribution in [0.4, 0.5) is 13.2 Å². The molecule has 186 valence electrons. The first kappa shape index (κ1) is 24.5. The topological polar surface area (TPSA) is 52.2 Å². The summed E-state index contributed by atoms with van der Waals surface area (Å²) in [5.41, 5.74) is 2.62. The fraction of sp³-hybridized carbons (Fsp3) is 0.107. The predicted octanol–water partition coefficient (Wildman–Crippen LogP) is 7.03. The highest BCUT2D eigenvalue weighted by Gasteiger charge is 2.31. The van der Waals surface area contributed by atoms with Gasteiger partial charge in [0.05, 0.1) is 22.7 Å². The van der Waals surface area contributed by atoms with Crippen molar-refractivity contribution in [2.75, 3.05) is 0 Å². The predicted molar refractivity (Wildman–Crippen MR) is 140 cm³/mol. The summed E-state index contributed by atoms with van der Waals surface area (Å²) in [5.74, 6) is 0.0116. The van der Waals surface area contributed by atoms with Crippen LogP contribution >= 0.6 is 11.6 Å². The van der Waals surface area contributed by atoms with Crippen LogP contribution < -0.4 is 5.56 Å². The Hall–Kier alpha value is -4.17. The van der Waals surface area contributed by atoms with Crippen LogP contribution in [0, 0.1) is 13.8 Å².